The van der Waals surface area contributed by atoms with Crippen LogP contribution in [-0.4, -0.2) is 43.9 Å². The Hall–Kier alpha value is -1.80. The Morgan fingerprint density at radius 2 is 2.32 bits per heavy atom. The summed E-state index contributed by atoms with van der Waals surface area (Å²) in [5.74, 6) is -0.0390. The van der Waals surface area contributed by atoms with Crippen molar-refractivity contribution in [3.63, 3.8) is 0 Å². The summed E-state index contributed by atoms with van der Waals surface area (Å²) in [5.41, 5.74) is 5.11. The van der Waals surface area contributed by atoms with Crippen LogP contribution in [0.25, 0.3) is 0 Å². The zero-order valence-electron chi connectivity index (χ0n) is 13.0. The molecule has 0 unspecified atom stereocenters. The second kappa shape index (κ2) is 6.13. The molecule has 3 heterocycles. The van der Waals surface area contributed by atoms with Crippen LogP contribution in [0, 0.1) is 13.8 Å². The van der Waals surface area contributed by atoms with Crippen LogP contribution in [0.5, 0.6) is 0 Å². The van der Waals surface area contributed by atoms with E-state index >= 15 is 0 Å². The van der Waals surface area contributed by atoms with Crippen LogP contribution in [0.3, 0.4) is 0 Å². The molecule has 2 aromatic heterocycles. The number of likely N-dealkylation sites (tertiary alicyclic amines) is 1. The van der Waals surface area contributed by atoms with E-state index < -0.39 is 0 Å². The molecule has 1 amide bonds. The van der Waals surface area contributed by atoms with Gasteiger partial charge in [-0.2, -0.15) is 5.10 Å². The van der Waals surface area contributed by atoms with Gasteiger partial charge in [-0.25, -0.2) is 0 Å². The molecule has 0 saturated carbocycles. The lowest BCUT2D eigenvalue weighted by Crippen LogP contribution is -2.33. The normalized spacial score (nSPS) is 18.8. The number of hydrogen-bond donors (Lipinski definition) is 1. The molecule has 3 rings (SSSR count). The Morgan fingerprint density at radius 1 is 1.50 bits per heavy atom. The van der Waals surface area contributed by atoms with Gasteiger partial charge in [0.1, 0.15) is 5.51 Å². The molecule has 1 atom stereocenters. The average Bonchev–Trinajstić information content (AvgIpc) is 3.15. The zero-order valence-corrected chi connectivity index (χ0v) is 13.9. The monoisotopic (exact) mass is 320 g/mol. The molecule has 0 bridgehead atoms. The van der Waals surface area contributed by atoms with Crippen LogP contribution in [0.1, 0.15) is 35.8 Å². The van der Waals surface area contributed by atoms with E-state index in [1.54, 1.807) is 5.51 Å². The summed E-state index contributed by atoms with van der Waals surface area (Å²) in [7, 11) is 1.97. The van der Waals surface area contributed by atoms with E-state index in [0.29, 0.717) is 11.7 Å². The highest BCUT2D eigenvalue weighted by Gasteiger charge is 2.31. The highest BCUT2D eigenvalue weighted by atomic mass is 32.1. The lowest BCUT2D eigenvalue weighted by atomic mass is 10.0. The van der Waals surface area contributed by atoms with Crippen LogP contribution < -0.4 is 5.32 Å². The van der Waals surface area contributed by atoms with Crippen LogP contribution in [0.15, 0.2) is 5.51 Å². The Bertz CT molecular complexity index is 665. The van der Waals surface area contributed by atoms with Crippen molar-refractivity contribution >= 4 is 22.4 Å². The molecule has 1 aliphatic heterocycles. The largest absolute Gasteiger partial charge is 0.299 e. The predicted octanol–water partition coefficient (Wildman–Crippen LogP) is 1.66. The number of nitrogens with zero attached hydrogens (tertiary/aromatic N) is 5. The van der Waals surface area contributed by atoms with Gasteiger partial charge in [-0.05, 0) is 33.2 Å². The van der Waals surface area contributed by atoms with Gasteiger partial charge in [0.25, 0.3) is 0 Å². The summed E-state index contributed by atoms with van der Waals surface area (Å²) in [5, 5.41) is 15.4. The van der Waals surface area contributed by atoms with Crippen molar-refractivity contribution in [3.05, 3.63) is 22.5 Å². The molecule has 8 heteroatoms. The van der Waals surface area contributed by atoms with Crippen molar-refractivity contribution in [2.75, 3.05) is 18.4 Å². The minimum Gasteiger partial charge on any atom is -0.299 e. The van der Waals surface area contributed by atoms with Gasteiger partial charge in [-0.3, -0.25) is 19.7 Å². The fraction of sp³-hybridized carbons (Fsp3) is 0.571. The SMILES string of the molecule is Cc1nn(C)c(C)c1[C@@H]1CCCN1CC(=O)Nc1nncs1. The third kappa shape index (κ3) is 2.89. The molecule has 1 fully saturated rings. The number of aromatic nitrogens is 4. The highest BCUT2D eigenvalue weighted by molar-refractivity contribution is 7.13. The highest BCUT2D eigenvalue weighted by Crippen LogP contribution is 2.35. The first kappa shape index (κ1) is 15.1. The van der Waals surface area contributed by atoms with E-state index in [-0.39, 0.29) is 11.9 Å². The van der Waals surface area contributed by atoms with E-state index in [9.17, 15) is 4.79 Å². The molecule has 22 heavy (non-hydrogen) atoms. The van der Waals surface area contributed by atoms with Crippen molar-refractivity contribution in [2.45, 2.75) is 32.7 Å². The van der Waals surface area contributed by atoms with Crippen molar-refractivity contribution in [3.8, 4) is 0 Å². The molecular weight excluding hydrogens is 300 g/mol. The number of rotatable bonds is 4. The fourth-order valence-electron chi connectivity index (χ4n) is 3.19. The minimum atomic E-state index is -0.0390. The molecule has 1 N–H and O–H groups in total. The second-order valence-electron chi connectivity index (χ2n) is 5.63. The lowest BCUT2D eigenvalue weighted by Gasteiger charge is -2.24. The third-order valence-corrected chi connectivity index (χ3v) is 4.82. The first-order chi connectivity index (χ1) is 10.6. The van der Waals surface area contributed by atoms with Gasteiger partial charge in [-0.15, -0.1) is 10.2 Å². The maximum atomic E-state index is 12.2. The summed E-state index contributed by atoms with van der Waals surface area (Å²) in [6.07, 6.45) is 2.17. The zero-order chi connectivity index (χ0) is 15.7. The van der Waals surface area contributed by atoms with Gasteiger partial charge in [0.05, 0.1) is 12.2 Å². The summed E-state index contributed by atoms with van der Waals surface area (Å²) >= 11 is 1.33. The molecule has 0 aromatic carbocycles. The molecule has 0 radical (unpaired) electrons. The van der Waals surface area contributed by atoms with Gasteiger partial charge in [0.15, 0.2) is 0 Å². The average molecular weight is 320 g/mol. The lowest BCUT2D eigenvalue weighted by molar-refractivity contribution is -0.117. The first-order valence-corrected chi connectivity index (χ1v) is 8.24. The van der Waals surface area contributed by atoms with Gasteiger partial charge >= 0.3 is 0 Å². The Labute approximate surface area is 133 Å². The molecular formula is C14H20N6OS. The van der Waals surface area contributed by atoms with Crippen molar-refractivity contribution < 1.29 is 4.79 Å². The number of anilines is 1. The van der Waals surface area contributed by atoms with Crippen molar-refractivity contribution in [2.24, 2.45) is 7.05 Å². The summed E-state index contributed by atoms with van der Waals surface area (Å²) in [6, 6.07) is 0.272. The summed E-state index contributed by atoms with van der Waals surface area (Å²) < 4.78 is 1.92. The third-order valence-electron chi connectivity index (χ3n) is 4.21. The molecule has 0 spiro atoms. The summed E-state index contributed by atoms with van der Waals surface area (Å²) in [4.78, 5) is 14.4. The smallest absolute Gasteiger partial charge is 0.240 e. The van der Waals surface area contributed by atoms with Crippen LogP contribution in [-0.2, 0) is 11.8 Å². The van der Waals surface area contributed by atoms with E-state index in [2.05, 4.69) is 32.4 Å². The van der Waals surface area contributed by atoms with Crippen LogP contribution >= 0.6 is 11.3 Å². The topological polar surface area (TPSA) is 75.9 Å². The molecule has 0 aliphatic carbocycles. The molecule has 2 aromatic rings. The quantitative estimate of drug-likeness (QED) is 0.927. The first-order valence-electron chi connectivity index (χ1n) is 7.36. The van der Waals surface area contributed by atoms with Crippen LogP contribution in [0.2, 0.25) is 0 Å². The number of aryl methyl sites for hydroxylation is 2. The number of hydrogen-bond acceptors (Lipinski definition) is 6. The predicted molar refractivity (Wildman–Crippen MR) is 84.8 cm³/mol. The van der Waals surface area contributed by atoms with Gasteiger partial charge < -0.3 is 0 Å². The van der Waals surface area contributed by atoms with Gasteiger partial charge in [-0.1, -0.05) is 11.3 Å². The second-order valence-corrected chi connectivity index (χ2v) is 6.46. The Balaban J connectivity index is 1.72. The van der Waals surface area contributed by atoms with Gasteiger partial charge in [0.2, 0.25) is 11.0 Å². The maximum Gasteiger partial charge on any atom is 0.240 e. The van der Waals surface area contributed by atoms with Crippen molar-refractivity contribution in [1.82, 2.24) is 24.9 Å². The number of carbonyl (C=O) groups is 1. The van der Waals surface area contributed by atoms with E-state index in [1.807, 2.05) is 18.7 Å². The Morgan fingerprint density at radius 3 is 2.95 bits per heavy atom. The Kier molecular flexibility index (Phi) is 4.21. The van der Waals surface area contributed by atoms with E-state index in [1.165, 1.54) is 22.6 Å². The molecule has 1 saturated heterocycles. The van der Waals surface area contributed by atoms with E-state index in [0.717, 1.165) is 25.1 Å². The van der Waals surface area contributed by atoms with Gasteiger partial charge in [0, 0.05) is 24.3 Å². The summed E-state index contributed by atoms with van der Waals surface area (Å²) in [6.45, 7) is 5.44. The van der Waals surface area contributed by atoms with E-state index in [4.69, 9.17) is 0 Å². The minimum absolute atomic E-state index is 0.0390. The number of nitrogens with one attached hydrogen (secondary N) is 1. The molecule has 7 nitrogen and oxygen atoms in total. The fourth-order valence-corrected chi connectivity index (χ4v) is 3.65. The molecule has 118 valence electrons. The number of amides is 1. The number of carbonyl (C=O) groups excluding carboxylic acids is 1. The standard InChI is InChI=1S/C14H20N6OS/c1-9-13(10(2)19(3)18-9)11-5-4-6-20(11)7-12(21)16-14-17-15-8-22-14/h8,11H,4-7H2,1-3H3,(H,16,17,21)/t11-/m0/s1. The van der Waals surface area contributed by atoms with Crippen molar-refractivity contribution in [1.29, 1.82) is 0 Å². The maximum absolute atomic E-state index is 12.2. The molecule has 1 aliphatic rings. The van der Waals surface area contributed by atoms with Crippen LogP contribution in [0.4, 0.5) is 5.13 Å².